The van der Waals surface area contributed by atoms with Gasteiger partial charge >= 0.3 is 0 Å². The maximum Gasteiger partial charge on any atom is 0.0990 e. The molecule has 0 amide bonds. The molecule has 0 aromatic rings. The van der Waals surface area contributed by atoms with Gasteiger partial charge in [-0.15, -0.1) is 0 Å². The van der Waals surface area contributed by atoms with Crippen molar-refractivity contribution in [3.63, 3.8) is 0 Å². The summed E-state index contributed by atoms with van der Waals surface area (Å²) in [7, 11) is 1.70. The zero-order chi connectivity index (χ0) is 12.5. The third kappa shape index (κ3) is 4.92. The van der Waals surface area contributed by atoms with E-state index in [4.69, 9.17) is 14.2 Å². The first-order chi connectivity index (χ1) is 8.33. The van der Waals surface area contributed by atoms with E-state index in [1.165, 1.54) is 0 Å². The standard InChI is InChI=1S/C13H27NO3/c1-4-6-14-11-10-12(16-9-8-15-3)13(11)17-7-5-2/h11-14H,4-10H2,1-3H3. The van der Waals surface area contributed by atoms with Gasteiger partial charge in [-0.05, 0) is 25.8 Å². The number of hydrogen-bond acceptors (Lipinski definition) is 4. The second-order valence-electron chi connectivity index (χ2n) is 4.53. The second-order valence-corrected chi connectivity index (χ2v) is 4.53. The topological polar surface area (TPSA) is 39.7 Å². The highest BCUT2D eigenvalue weighted by Gasteiger charge is 2.42. The molecule has 0 aliphatic heterocycles. The molecular formula is C13H27NO3. The van der Waals surface area contributed by atoms with Gasteiger partial charge in [0.1, 0.15) is 0 Å². The molecule has 0 bridgehead atoms. The second kappa shape index (κ2) is 8.86. The summed E-state index contributed by atoms with van der Waals surface area (Å²) in [6, 6.07) is 0.467. The molecule has 3 atom stereocenters. The average molecular weight is 245 g/mol. The van der Waals surface area contributed by atoms with Gasteiger partial charge in [0.15, 0.2) is 0 Å². The maximum atomic E-state index is 5.85. The fraction of sp³-hybridized carbons (Fsp3) is 1.00. The fourth-order valence-electron chi connectivity index (χ4n) is 2.03. The van der Waals surface area contributed by atoms with Gasteiger partial charge in [0.25, 0.3) is 0 Å². The highest BCUT2D eigenvalue weighted by Crippen LogP contribution is 2.27. The van der Waals surface area contributed by atoms with E-state index in [9.17, 15) is 0 Å². The first kappa shape index (κ1) is 14.9. The van der Waals surface area contributed by atoms with Crippen LogP contribution in [0.3, 0.4) is 0 Å². The quantitative estimate of drug-likeness (QED) is 0.593. The summed E-state index contributed by atoms with van der Waals surface area (Å²) in [5, 5.41) is 3.51. The monoisotopic (exact) mass is 245 g/mol. The number of ether oxygens (including phenoxy) is 3. The molecule has 17 heavy (non-hydrogen) atoms. The van der Waals surface area contributed by atoms with E-state index in [-0.39, 0.29) is 12.2 Å². The van der Waals surface area contributed by atoms with Crippen molar-refractivity contribution >= 4 is 0 Å². The summed E-state index contributed by atoms with van der Waals surface area (Å²) in [6.07, 6.45) is 3.73. The van der Waals surface area contributed by atoms with E-state index in [2.05, 4.69) is 19.2 Å². The van der Waals surface area contributed by atoms with Crippen molar-refractivity contribution in [2.24, 2.45) is 0 Å². The van der Waals surface area contributed by atoms with Crippen molar-refractivity contribution in [2.75, 3.05) is 33.5 Å². The summed E-state index contributed by atoms with van der Waals surface area (Å²) in [4.78, 5) is 0. The van der Waals surface area contributed by atoms with Crippen LogP contribution < -0.4 is 5.32 Å². The van der Waals surface area contributed by atoms with Crippen molar-refractivity contribution in [1.29, 1.82) is 0 Å². The first-order valence-corrected chi connectivity index (χ1v) is 6.79. The van der Waals surface area contributed by atoms with E-state index in [1.807, 2.05) is 0 Å². The third-order valence-electron chi connectivity index (χ3n) is 3.04. The van der Waals surface area contributed by atoms with Crippen molar-refractivity contribution < 1.29 is 14.2 Å². The zero-order valence-electron chi connectivity index (χ0n) is 11.4. The lowest BCUT2D eigenvalue weighted by atomic mass is 9.85. The molecule has 1 fully saturated rings. The van der Waals surface area contributed by atoms with Gasteiger partial charge in [-0.2, -0.15) is 0 Å². The van der Waals surface area contributed by atoms with Crippen LogP contribution in [0.5, 0.6) is 0 Å². The van der Waals surface area contributed by atoms with Crippen LogP contribution in [0.1, 0.15) is 33.1 Å². The van der Waals surface area contributed by atoms with E-state index >= 15 is 0 Å². The fourth-order valence-corrected chi connectivity index (χ4v) is 2.03. The van der Waals surface area contributed by atoms with E-state index in [0.717, 1.165) is 32.4 Å². The Balaban J connectivity index is 2.24. The molecule has 4 nitrogen and oxygen atoms in total. The predicted molar refractivity (Wildman–Crippen MR) is 68.3 cm³/mol. The molecule has 1 rings (SSSR count). The van der Waals surface area contributed by atoms with Gasteiger partial charge in [-0.1, -0.05) is 13.8 Å². The van der Waals surface area contributed by atoms with Crippen molar-refractivity contribution in [3.05, 3.63) is 0 Å². The van der Waals surface area contributed by atoms with Crippen molar-refractivity contribution in [1.82, 2.24) is 5.32 Å². The molecule has 4 heteroatoms. The largest absolute Gasteiger partial charge is 0.382 e. The van der Waals surface area contributed by atoms with Gasteiger partial charge in [-0.3, -0.25) is 0 Å². The molecule has 0 spiro atoms. The van der Waals surface area contributed by atoms with E-state index < -0.39 is 0 Å². The molecule has 3 unspecified atom stereocenters. The molecule has 0 aromatic heterocycles. The number of rotatable bonds is 10. The highest BCUT2D eigenvalue weighted by molar-refractivity contribution is 4.97. The molecular weight excluding hydrogens is 218 g/mol. The Labute approximate surface area is 105 Å². The summed E-state index contributed by atoms with van der Waals surface area (Å²) >= 11 is 0. The lowest BCUT2D eigenvalue weighted by Crippen LogP contribution is -2.60. The average Bonchev–Trinajstić information content (AvgIpc) is 2.32. The summed E-state index contributed by atoms with van der Waals surface area (Å²) < 4.78 is 16.6. The summed E-state index contributed by atoms with van der Waals surface area (Å²) in [6.45, 7) is 7.51. The summed E-state index contributed by atoms with van der Waals surface area (Å²) in [5.74, 6) is 0. The molecule has 1 aliphatic rings. The van der Waals surface area contributed by atoms with Crippen molar-refractivity contribution in [2.45, 2.75) is 51.4 Å². The van der Waals surface area contributed by atoms with Crippen LogP contribution in [0.2, 0.25) is 0 Å². The van der Waals surface area contributed by atoms with Crippen LogP contribution in [-0.2, 0) is 14.2 Å². The zero-order valence-corrected chi connectivity index (χ0v) is 11.4. The molecule has 1 saturated carbocycles. The minimum Gasteiger partial charge on any atom is -0.382 e. The van der Waals surface area contributed by atoms with Gasteiger partial charge < -0.3 is 19.5 Å². The van der Waals surface area contributed by atoms with Crippen LogP contribution in [0.15, 0.2) is 0 Å². The molecule has 0 aromatic carbocycles. The molecule has 0 heterocycles. The minimum atomic E-state index is 0.221. The lowest BCUT2D eigenvalue weighted by molar-refractivity contribution is -0.151. The molecule has 0 radical (unpaired) electrons. The van der Waals surface area contributed by atoms with Crippen molar-refractivity contribution in [3.8, 4) is 0 Å². The highest BCUT2D eigenvalue weighted by atomic mass is 16.6. The third-order valence-corrected chi connectivity index (χ3v) is 3.04. The Hall–Kier alpha value is -0.160. The van der Waals surface area contributed by atoms with Crippen LogP contribution in [-0.4, -0.2) is 51.7 Å². The number of nitrogens with one attached hydrogen (secondary N) is 1. The van der Waals surface area contributed by atoms with Crippen LogP contribution in [0, 0.1) is 0 Å². The molecule has 102 valence electrons. The molecule has 1 N–H and O–H groups in total. The Bertz CT molecular complexity index is 190. The minimum absolute atomic E-state index is 0.221. The molecule has 0 saturated heterocycles. The Kier molecular flexibility index (Phi) is 7.77. The summed E-state index contributed by atoms with van der Waals surface area (Å²) in [5.41, 5.74) is 0. The lowest BCUT2D eigenvalue weighted by Gasteiger charge is -2.44. The molecule has 1 aliphatic carbocycles. The van der Waals surface area contributed by atoms with Gasteiger partial charge in [0.05, 0.1) is 25.4 Å². The van der Waals surface area contributed by atoms with Gasteiger partial charge in [-0.25, -0.2) is 0 Å². The normalized spacial score (nSPS) is 28.1. The number of methoxy groups -OCH3 is 1. The Morgan fingerprint density at radius 2 is 1.88 bits per heavy atom. The van der Waals surface area contributed by atoms with Crippen LogP contribution in [0.25, 0.3) is 0 Å². The number of hydrogen-bond donors (Lipinski definition) is 1. The predicted octanol–water partition coefficient (Wildman–Crippen LogP) is 1.59. The Morgan fingerprint density at radius 3 is 2.53 bits per heavy atom. The Morgan fingerprint density at radius 1 is 1.06 bits per heavy atom. The maximum absolute atomic E-state index is 5.85. The van der Waals surface area contributed by atoms with Crippen LogP contribution >= 0.6 is 0 Å². The van der Waals surface area contributed by atoms with E-state index in [1.54, 1.807) is 7.11 Å². The van der Waals surface area contributed by atoms with E-state index in [0.29, 0.717) is 19.3 Å². The smallest absolute Gasteiger partial charge is 0.0990 e. The van der Waals surface area contributed by atoms with Gasteiger partial charge in [0, 0.05) is 19.8 Å². The first-order valence-electron chi connectivity index (χ1n) is 6.79. The SMILES string of the molecule is CCCNC1CC(OCCOC)C1OCCC. The van der Waals surface area contributed by atoms with Crippen LogP contribution in [0.4, 0.5) is 0 Å². The van der Waals surface area contributed by atoms with Gasteiger partial charge in [0.2, 0.25) is 0 Å².